The number of amides is 3. The van der Waals surface area contributed by atoms with Crippen molar-refractivity contribution in [2.24, 2.45) is 5.92 Å². The number of hydrogen-bond acceptors (Lipinski definition) is 3. The normalized spacial score (nSPS) is 25.0. The maximum absolute atomic E-state index is 12.3. The molecule has 2 aliphatic heterocycles. The van der Waals surface area contributed by atoms with Crippen LogP contribution in [0.5, 0.6) is 0 Å². The van der Waals surface area contributed by atoms with Crippen LogP contribution in [0.1, 0.15) is 23.7 Å². The van der Waals surface area contributed by atoms with E-state index >= 15 is 0 Å². The number of nitrogens with one attached hydrogen (secondary N) is 3. The Labute approximate surface area is 130 Å². The van der Waals surface area contributed by atoms with E-state index in [0.29, 0.717) is 24.6 Å². The van der Waals surface area contributed by atoms with Gasteiger partial charge in [0.2, 0.25) is 0 Å². The second kappa shape index (κ2) is 6.36. The van der Waals surface area contributed by atoms with E-state index < -0.39 is 0 Å². The van der Waals surface area contributed by atoms with Gasteiger partial charge in [-0.1, -0.05) is 6.92 Å². The van der Waals surface area contributed by atoms with Crippen LogP contribution in [0.3, 0.4) is 0 Å². The molecule has 6 nitrogen and oxygen atoms in total. The number of rotatable bonds is 3. The lowest BCUT2D eigenvalue weighted by Gasteiger charge is -2.30. The molecule has 0 bridgehead atoms. The second-order valence-corrected chi connectivity index (χ2v) is 5.98. The van der Waals surface area contributed by atoms with Gasteiger partial charge in [-0.2, -0.15) is 0 Å². The molecule has 0 aromatic heterocycles. The molecule has 3 rings (SSSR count). The molecule has 2 atom stereocenters. The van der Waals surface area contributed by atoms with E-state index in [9.17, 15) is 9.59 Å². The molecule has 118 valence electrons. The Hall–Kier alpha value is -2.08. The van der Waals surface area contributed by atoms with Crippen molar-refractivity contribution in [3.05, 3.63) is 29.8 Å². The van der Waals surface area contributed by atoms with Crippen LogP contribution < -0.4 is 20.9 Å². The average Bonchev–Trinajstić information content (AvgIpc) is 2.96. The van der Waals surface area contributed by atoms with Gasteiger partial charge >= 0.3 is 6.03 Å². The number of nitrogens with zero attached hydrogens (tertiary/aromatic N) is 1. The predicted octanol–water partition coefficient (Wildman–Crippen LogP) is 0.944. The van der Waals surface area contributed by atoms with Gasteiger partial charge in [-0.25, -0.2) is 4.79 Å². The summed E-state index contributed by atoms with van der Waals surface area (Å²) >= 11 is 0. The minimum absolute atomic E-state index is 0.0452. The summed E-state index contributed by atoms with van der Waals surface area (Å²) in [6.45, 7) is 5.35. The Morgan fingerprint density at radius 1 is 1.27 bits per heavy atom. The Balaban J connectivity index is 1.64. The zero-order valence-corrected chi connectivity index (χ0v) is 12.8. The van der Waals surface area contributed by atoms with Gasteiger partial charge in [-0.3, -0.25) is 9.69 Å². The zero-order valence-electron chi connectivity index (χ0n) is 12.8. The Bertz CT molecular complexity index is 558. The van der Waals surface area contributed by atoms with Gasteiger partial charge in [0.05, 0.1) is 0 Å². The second-order valence-electron chi connectivity index (χ2n) is 5.98. The Morgan fingerprint density at radius 3 is 2.68 bits per heavy atom. The van der Waals surface area contributed by atoms with Crippen molar-refractivity contribution in [2.45, 2.75) is 19.4 Å². The molecule has 0 aliphatic carbocycles. The first-order chi connectivity index (χ1) is 10.6. The monoisotopic (exact) mass is 302 g/mol. The summed E-state index contributed by atoms with van der Waals surface area (Å²) < 4.78 is 0. The number of benzene rings is 1. The van der Waals surface area contributed by atoms with Crippen molar-refractivity contribution in [2.75, 3.05) is 31.1 Å². The van der Waals surface area contributed by atoms with Gasteiger partial charge in [0.25, 0.3) is 5.91 Å². The van der Waals surface area contributed by atoms with Crippen LogP contribution in [-0.2, 0) is 0 Å². The quantitative estimate of drug-likeness (QED) is 0.778. The number of hydrogen-bond donors (Lipinski definition) is 3. The minimum Gasteiger partial charge on any atom is -0.349 e. The van der Waals surface area contributed by atoms with E-state index in [-0.39, 0.29) is 18.0 Å². The van der Waals surface area contributed by atoms with Crippen LogP contribution >= 0.6 is 0 Å². The molecule has 22 heavy (non-hydrogen) atoms. The Morgan fingerprint density at radius 2 is 2.05 bits per heavy atom. The number of anilines is 1. The lowest BCUT2D eigenvalue weighted by molar-refractivity contribution is 0.0914. The molecule has 3 amide bonds. The van der Waals surface area contributed by atoms with Crippen molar-refractivity contribution in [3.63, 3.8) is 0 Å². The van der Waals surface area contributed by atoms with Gasteiger partial charge in [0, 0.05) is 30.4 Å². The van der Waals surface area contributed by atoms with Gasteiger partial charge < -0.3 is 16.0 Å². The molecule has 1 aromatic carbocycles. The first-order valence-corrected chi connectivity index (χ1v) is 7.82. The fourth-order valence-electron chi connectivity index (χ4n) is 2.99. The molecule has 0 saturated carbocycles. The molecular formula is C16H22N4O2. The average molecular weight is 302 g/mol. The van der Waals surface area contributed by atoms with Crippen molar-refractivity contribution in [3.8, 4) is 0 Å². The molecule has 2 heterocycles. The molecule has 2 fully saturated rings. The summed E-state index contributed by atoms with van der Waals surface area (Å²) in [6, 6.07) is 7.35. The molecule has 6 heteroatoms. The molecule has 1 aromatic rings. The fraction of sp³-hybridized carbons (Fsp3) is 0.500. The highest BCUT2D eigenvalue weighted by Crippen LogP contribution is 2.18. The van der Waals surface area contributed by atoms with Crippen molar-refractivity contribution >= 4 is 17.6 Å². The van der Waals surface area contributed by atoms with Crippen molar-refractivity contribution in [1.82, 2.24) is 16.0 Å². The predicted molar refractivity (Wildman–Crippen MR) is 85.1 cm³/mol. The van der Waals surface area contributed by atoms with Crippen LogP contribution in [0, 0.1) is 5.92 Å². The molecule has 0 spiro atoms. The maximum atomic E-state index is 12.3. The van der Waals surface area contributed by atoms with E-state index in [4.69, 9.17) is 0 Å². The van der Waals surface area contributed by atoms with E-state index in [2.05, 4.69) is 22.9 Å². The molecular weight excluding hydrogens is 280 g/mol. The lowest BCUT2D eigenvalue weighted by Crippen LogP contribution is -2.48. The topological polar surface area (TPSA) is 73.5 Å². The highest BCUT2D eigenvalue weighted by molar-refractivity contribution is 5.97. The van der Waals surface area contributed by atoms with E-state index in [1.54, 1.807) is 17.0 Å². The third-order valence-corrected chi connectivity index (χ3v) is 4.40. The summed E-state index contributed by atoms with van der Waals surface area (Å²) in [5.41, 5.74) is 1.45. The Kier molecular flexibility index (Phi) is 4.29. The van der Waals surface area contributed by atoms with E-state index in [1.165, 1.54) is 0 Å². The summed E-state index contributed by atoms with van der Waals surface area (Å²) in [7, 11) is 0. The standard InChI is InChI=1S/C16H22N4O2/c1-11-10-17-7-6-14(11)19-15(21)12-2-4-13(5-3-12)20-9-8-18-16(20)22/h2-5,11,14,17H,6-10H2,1H3,(H,18,22)(H,19,21). The maximum Gasteiger partial charge on any atom is 0.321 e. The van der Waals surface area contributed by atoms with Crippen molar-refractivity contribution in [1.29, 1.82) is 0 Å². The molecule has 2 unspecified atom stereocenters. The van der Waals surface area contributed by atoms with Crippen LogP contribution in [-0.4, -0.2) is 44.2 Å². The van der Waals surface area contributed by atoms with Crippen LogP contribution in [0.15, 0.2) is 24.3 Å². The van der Waals surface area contributed by atoms with Gasteiger partial charge in [-0.05, 0) is 49.7 Å². The largest absolute Gasteiger partial charge is 0.349 e. The van der Waals surface area contributed by atoms with Gasteiger partial charge in [0.1, 0.15) is 0 Å². The minimum atomic E-state index is -0.0827. The number of piperidine rings is 1. The molecule has 3 N–H and O–H groups in total. The first kappa shape index (κ1) is 14.8. The van der Waals surface area contributed by atoms with Gasteiger partial charge in [-0.15, -0.1) is 0 Å². The summed E-state index contributed by atoms with van der Waals surface area (Å²) in [4.78, 5) is 25.6. The summed E-state index contributed by atoms with van der Waals surface area (Å²) in [5, 5.41) is 9.20. The molecule has 2 aliphatic rings. The number of carbonyl (C=O) groups excluding carboxylic acids is 2. The van der Waals surface area contributed by atoms with Crippen LogP contribution in [0.25, 0.3) is 0 Å². The third kappa shape index (κ3) is 3.06. The molecule has 2 saturated heterocycles. The number of urea groups is 1. The smallest absolute Gasteiger partial charge is 0.321 e. The summed E-state index contributed by atoms with van der Waals surface area (Å²) in [5.74, 6) is 0.390. The lowest BCUT2D eigenvalue weighted by atomic mass is 9.95. The summed E-state index contributed by atoms with van der Waals surface area (Å²) in [6.07, 6.45) is 0.957. The van der Waals surface area contributed by atoms with Crippen LogP contribution in [0.2, 0.25) is 0 Å². The van der Waals surface area contributed by atoms with E-state index in [1.807, 2.05) is 12.1 Å². The van der Waals surface area contributed by atoms with Crippen LogP contribution in [0.4, 0.5) is 10.5 Å². The third-order valence-electron chi connectivity index (χ3n) is 4.40. The zero-order chi connectivity index (χ0) is 15.5. The SMILES string of the molecule is CC1CNCCC1NC(=O)c1ccc(N2CCNC2=O)cc1. The van der Waals surface area contributed by atoms with Crippen molar-refractivity contribution < 1.29 is 9.59 Å². The number of carbonyl (C=O) groups is 2. The highest BCUT2D eigenvalue weighted by atomic mass is 16.2. The first-order valence-electron chi connectivity index (χ1n) is 7.82. The van der Waals surface area contributed by atoms with Gasteiger partial charge in [0.15, 0.2) is 0 Å². The highest BCUT2D eigenvalue weighted by Gasteiger charge is 2.24. The molecule has 0 radical (unpaired) electrons. The fourth-order valence-corrected chi connectivity index (χ4v) is 2.99. The van der Waals surface area contributed by atoms with E-state index in [0.717, 1.165) is 25.2 Å².